The van der Waals surface area contributed by atoms with Crippen LogP contribution in [-0.2, 0) is 11.3 Å². The molecule has 6 heteroatoms. The number of halogens is 1. The van der Waals surface area contributed by atoms with Crippen molar-refractivity contribution in [3.05, 3.63) is 63.7 Å². The average molecular weight is 415 g/mol. The van der Waals surface area contributed by atoms with Crippen molar-refractivity contribution < 1.29 is 9.53 Å². The largest absolute Gasteiger partial charge is 0.488 e. The molecule has 0 atom stereocenters. The highest BCUT2D eigenvalue weighted by Gasteiger charge is 2.18. The monoisotopic (exact) mass is 414 g/mol. The number of anilines is 1. The van der Waals surface area contributed by atoms with Crippen LogP contribution in [0.25, 0.3) is 6.08 Å². The summed E-state index contributed by atoms with van der Waals surface area (Å²) in [6.07, 6.45) is 1.85. The van der Waals surface area contributed by atoms with E-state index in [1.165, 1.54) is 17.1 Å². The Hall–Kier alpha value is -1.95. The number of carbonyl (C=O) groups is 1. The van der Waals surface area contributed by atoms with Crippen LogP contribution in [0.15, 0.2) is 42.0 Å². The van der Waals surface area contributed by atoms with Crippen LogP contribution >= 0.6 is 23.4 Å². The standard InChI is InChI=1S/C22H23ClN2O2S/c1-15-10-16(13-25-6-8-28-9-7-25)2-4-20(15)24-22(26)18-11-17-12-19(23)3-5-21(17)27-14-18/h2-5,10-12H,6-9,13-14H2,1H3,(H,24,26). The van der Waals surface area contributed by atoms with Gasteiger partial charge < -0.3 is 10.1 Å². The van der Waals surface area contributed by atoms with Gasteiger partial charge in [-0.25, -0.2) is 0 Å². The predicted molar refractivity (Wildman–Crippen MR) is 117 cm³/mol. The average Bonchev–Trinajstić information content (AvgIpc) is 2.70. The van der Waals surface area contributed by atoms with E-state index in [-0.39, 0.29) is 12.5 Å². The van der Waals surface area contributed by atoms with Crippen molar-refractivity contribution in [2.75, 3.05) is 36.5 Å². The van der Waals surface area contributed by atoms with E-state index < -0.39 is 0 Å². The Kier molecular flexibility index (Phi) is 5.95. The number of thioether (sulfide) groups is 1. The Morgan fingerprint density at radius 2 is 2.04 bits per heavy atom. The lowest BCUT2D eigenvalue weighted by atomic mass is 10.1. The number of hydrogen-bond acceptors (Lipinski definition) is 4. The van der Waals surface area contributed by atoms with E-state index in [1.54, 1.807) is 6.07 Å². The van der Waals surface area contributed by atoms with E-state index in [2.05, 4.69) is 22.3 Å². The fourth-order valence-corrected chi connectivity index (χ4v) is 4.62. The van der Waals surface area contributed by atoms with E-state index in [1.807, 2.05) is 43.0 Å². The van der Waals surface area contributed by atoms with Gasteiger partial charge >= 0.3 is 0 Å². The van der Waals surface area contributed by atoms with E-state index >= 15 is 0 Å². The number of benzene rings is 2. The Morgan fingerprint density at radius 3 is 2.82 bits per heavy atom. The van der Waals surface area contributed by atoms with Gasteiger partial charge in [-0.3, -0.25) is 9.69 Å². The summed E-state index contributed by atoms with van der Waals surface area (Å²) >= 11 is 8.07. The molecule has 4 nitrogen and oxygen atoms in total. The molecule has 4 rings (SSSR count). The normalized spacial score (nSPS) is 16.7. The highest BCUT2D eigenvalue weighted by molar-refractivity contribution is 7.99. The third-order valence-corrected chi connectivity index (χ3v) is 6.20. The van der Waals surface area contributed by atoms with E-state index in [4.69, 9.17) is 16.3 Å². The van der Waals surface area contributed by atoms with Crippen molar-refractivity contribution in [2.24, 2.45) is 0 Å². The topological polar surface area (TPSA) is 41.6 Å². The van der Waals surface area contributed by atoms with Gasteiger partial charge in [0.05, 0.1) is 5.57 Å². The zero-order valence-electron chi connectivity index (χ0n) is 15.8. The second-order valence-electron chi connectivity index (χ2n) is 7.13. The third-order valence-electron chi connectivity index (χ3n) is 5.03. The number of fused-ring (bicyclic) bond motifs is 1. The molecule has 1 amide bonds. The summed E-state index contributed by atoms with van der Waals surface area (Å²) in [5.74, 6) is 3.02. The molecule has 0 radical (unpaired) electrons. The molecule has 0 bridgehead atoms. The van der Waals surface area contributed by atoms with Gasteiger partial charge in [-0.1, -0.05) is 23.7 Å². The molecule has 1 fully saturated rings. The molecule has 0 aromatic heterocycles. The second kappa shape index (κ2) is 8.60. The number of amides is 1. The molecule has 1 N–H and O–H groups in total. The third kappa shape index (κ3) is 4.54. The van der Waals surface area contributed by atoms with E-state index in [0.717, 1.165) is 42.2 Å². The molecule has 2 aliphatic rings. The highest BCUT2D eigenvalue weighted by Crippen LogP contribution is 2.29. The van der Waals surface area contributed by atoms with Crippen LogP contribution in [0.2, 0.25) is 5.02 Å². The highest BCUT2D eigenvalue weighted by atomic mass is 35.5. The fourth-order valence-electron chi connectivity index (χ4n) is 3.46. The van der Waals surface area contributed by atoms with Crippen LogP contribution in [0.1, 0.15) is 16.7 Å². The number of ether oxygens (including phenoxy) is 1. The maximum atomic E-state index is 12.7. The van der Waals surface area contributed by atoms with Crippen LogP contribution < -0.4 is 10.1 Å². The van der Waals surface area contributed by atoms with Gasteiger partial charge in [-0.2, -0.15) is 11.8 Å². The molecule has 0 saturated carbocycles. The van der Waals surface area contributed by atoms with Crippen molar-refractivity contribution in [1.29, 1.82) is 0 Å². The van der Waals surface area contributed by atoms with Gasteiger partial charge in [0, 0.05) is 47.4 Å². The van der Waals surface area contributed by atoms with Crippen LogP contribution in [0.4, 0.5) is 5.69 Å². The first-order valence-electron chi connectivity index (χ1n) is 9.42. The summed E-state index contributed by atoms with van der Waals surface area (Å²) in [5.41, 5.74) is 4.60. The predicted octanol–water partition coefficient (Wildman–Crippen LogP) is 4.61. The van der Waals surface area contributed by atoms with E-state index in [9.17, 15) is 4.79 Å². The van der Waals surface area contributed by atoms with Crippen LogP contribution in [-0.4, -0.2) is 42.0 Å². The van der Waals surface area contributed by atoms with E-state index in [0.29, 0.717) is 10.6 Å². The minimum absolute atomic E-state index is 0.144. The zero-order chi connectivity index (χ0) is 19.5. The summed E-state index contributed by atoms with van der Waals surface area (Å²) < 4.78 is 5.69. The maximum absolute atomic E-state index is 12.7. The maximum Gasteiger partial charge on any atom is 0.255 e. The first-order chi connectivity index (χ1) is 13.6. The molecule has 1 saturated heterocycles. The number of nitrogens with zero attached hydrogens (tertiary/aromatic N) is 1. The Labute approximate surface area is 174 Å². The van der Waals surface area contributed by atoms with Crippen LogP contribution in [0.3, 0.4) is 0 Å². The zero-order valence-corrected chi connectivity index (χ0v) is 17.4. The van der Waals surface area contributed by atoms with Crippen molar-refractivity contribution in [3.63, 3.8) is 0 Å². The van der Waals surface area contributed by atoms with Gasteiger partial charge in [0.2, 0.25) is 0 Å². The quantitative estimate of drug-likeness (QED) is 0.793. The van der Waals surface area contributed by atoms with Gasteiger partial charge in [-0.05, 0) is 48.4 Å². The molecule has 146 valence electrons. The summed E-state index contributed by atoms with van der Waals surface area (Å²) in [6, 6.07) is 11.7. The minimum atomic E-state index is -0.144. The Bertz CT molecular complexity index is 923. The molecule has 2 heterocycles. The molecule has 2 aromatic carbocycles. The number of carbonyl (C=O) groups excluding carboxylic acids is 1. The first kappa shape index (κ1) is 19.4. The molecule has 0 unspecified atom stereocenters. The molecule has 2 aliphatic heterocycles. The minimum Gasteiger partial charge on any atom is -0.488 e. The summed E-state index contributed by atoms with van der Waals surface area (Å²) in [7, 11) is 0. The molecular weight excluding hydrogens is 392 g/mol. The summed E-state index contributed by atoms with van der Waals surface area (Å²) in [5, 5.41) is 3.64. The molecule has 0 spiro atoms. The first-order valence-corrected chi connectivity index (χ1v) is 11.0. The van der Waals surface area contributed by atoms with Crippen molar-refractivity contribution in [1.82, 2.24) is 4.90 Å². The Balaban J connectivity index is 1.44. The van der Waals surface area contributed by atoms with Crippen molar-refractivity contribution in [3.8, 4) is 5.75 Å². The lowest BCUT2D eigenvalue weighted by molar-refractivity contribution is -0.113. The Morgan fingerprint density at radius 1 is 1.21 bits per heavy atom. The van der Waals surface area contributed by atoms with Gasteiger partial charge in [0.15, 0.2) is 0 Å². The van der Waals surface area contributed by atoms with Crippen LogP contribution in [0, 0.1) is 6.92 Å². The number of aryl methyl sites for hydroxylation is 1. The lowest BCUT2D eigenvalue weighted by Gasteiger charge is -2.26. The fraction of sp³-hybridized carbons (Fsp3) is 0.318. The second-order valence-corrected chi connectivity index (χ2v) is 8.79. The molecule has 0 aliphatic carbocycles. The molecule has 2 aromatic rings. The summed E-state index contributed by atoms with van der Waals surface area (Å²) in [6.45, 7) is 5.53. The van der Waals surface area contributed by atoms with Crippen molar-refractivity contribution in [2.45, 2.75) is 13.5 Å². The number of rotatable bonds is 4. The summed E-state index contributed by atoms with van der Waals surface area (Å²) in [4.78, 5) is 15.2. The number of nitrogens with one attached hydrogen (secondary N) is 1. The molecule has 28 heavy (non-hydrogen) atoms. The van der Waals surface area contributed by atoms with Gasteiger partial charge in [0.1, 0.15) is 12.4 Å². The van der Waals surface area contributed by atoms with Crippen LogP contribution in [0.5, 0.6) is 5.75 Å². The lowest BCUT2D eigenvalue weighted by Crippen LogP contribution is -2.32. The number of hydrogen-bond donors (Lipinski definition) is 1. The van der Waals surface area contributed by atoms with Gasteiger partial charge in [0.25, 0.3) is 5.91 Å². The van der Waals surface area contributed by atoms with Gasteiger partial charge in [-0.15, -0.1) is 0 Å². The molecular formula is C22H23ClN2O2S. The smallest absolute Gasteiger partial charge is 0.255 e. The van der Waals surface area contributed by atoms with Crippen molar-refractivity contribution >= 4 is 41.0 Å². The SMILES string of the molecule is Cc1cc(CN2CCSCC2)ccc1NC(=O)C1=Cc2cc(Cl)ccc2OC1.